The first-order chi connectivity index (χ1) is 6.22. The fourth-order valence-electron chi connectivity index (χ4n) is 0.860. The van der Waals surface area contributed by atoms with E-state index in [9.17, 15) is 9.59 Å². The van der Waals surface area contributed by atoms with Crippen molar-refractivity contribution in [2.24, 2.45) is 5.92 Å². The lowest BCUT2D eigenvalue weighted by molar-refractivity contribution is -0.159. The summed E-state index contributed by atoms with van der Waals surface area (Å²) in [6.45, 7) is 7.04. The van der Waals surface area contributed by atoms with Crippen LogP contribution in [-0.2, 0) is 14.3 Å². The van der Waals surface area contributed by atoms with Crippen molar-refractivity contribution in [3.8, 4) is 0 Å². The number of carbonyl (C=O) groups is 2. The summed E-state index contributed by atoms with van der Waals surface area (Å²) in [5, 5.41) is 8.42. The van der Waals surface area contributed by atoms with Crippen LogP contribution in [0.5, 0.6) is 0 Å². The summed E-state index contributed by atoms with van der Waals surface area (Å²) < 4.78 is 5.10. The molecule has 0 bridgehead atoms. The van der Waals surface area contributed by atoms with E-state index in [1.165, 1.54) is 0 Å². The molecule has 0 heterocycles. The van der Waals surface area contributed by atoms with E-state index in [1.807, 2.05) is 0 Å². The highest BCUT2D eigenvalue weighted by Gasteiger charge is 2.21. The van der Waals surface area contributed by atoms with E-state index in [0.29, 0.717) is 6.42 Å². The molecule has 0 amide bonds. The van der Waals surface area contributed by atoms with Crippen LogP contribution in [0, 0.1) is 5.92 Å². The number of esters is 1. The van der Waals surface area contributed by atoms with Crippen molar-refractivity contribution >= 4 is 11.9 Å². The fourth-order valence-corrected chi connectivity index (χ4v) is 0.860. The third-order valence-electron chi connectivity index (χ3n) is 1.60. The van der Waals surface area contributed by atoms with Crippen LogP contribution in [-0.4, -0.2) is 22.6 Å². The van der Waals surface area contributed by atoms with Crippen LogP contribution < -0.4 is 0 Å². The minimum absolute atomic E-state index is 0.000406. The van der Waals surface area contributed by atoms with Gasteiger partial charge in [0, 0.05) is 6.42 Å². The van der Waals surface area contributed by atoms with Gasteiger partial charge in [-0.3, -0.25) is 9.59 Å². The van der Waals surface area contributed by atoms with Gasteiger partial charge in [0.2, 0.25) is 0 Å². The first kappa shape index (κ1) is 12.9. The number of hydrogen-bond donors (Lipinski definition) is 1. The number of aliphatic carboxylic acids is 1. The van der Waals surface area contributed by atoms with E-state index in [1.54, 1.807) is 27.7 Å². The second-order valence-corrected chi connectivity index (χ2v) is 4.37. The Balaban J connectivity index is 3.94. The molecule has 0 aromatic heterocycles. The van der Waals surface area contributed by atoms with Crippen LogP contribution in [0.4, 0.5) is 0 Å². The molecule has 1 unspecified atom stereocenters. The molecule has 0 rings (SSSR count). The molecule has 0 fully saturated rings. The molecule has 4 nitrogen and oxygen atoms in total. The van der Waals surface area contributed by atoms with Gasteiger partial charge in [0.05, 0.1) is 5.92 Å². The maximum absolute atomic E-state index is 11.4. The summed E-state index contributed by atoms with van der Waals surface area (Å²) in [4.78, 5) is 21.6. The predicted molar refractivity (Wildman–Crippen MR) is 51.9 cm³/mol. The van der Waals surface area contributed by atoms with Gasteiger partial charge in [-0.1, -0.05) is 6.92 Å². The monoisotopic (exact) mass is 202 g/mol. The quantitative estimate of drug-likeness (QED) is 0.706. The lowest BCUT2D eigenvalue weighted by Crippen LogP contribution is -2.27. The zero-order chi connectivity index (χ0) is 11.4. The summed E-state index contributed by atoms with van der Waals surface area (Å²) in [6.07, 6.45) is 0.324. The van der Waals surface area contributed by atoms with Crippen molar-refractivity contribution in [1.29, 1.82) is 0 Å². The Hall–Kier alpha value is -1.06. The number of ether oxygens (including phenoxy) is 1. The smallest absolute Gasteiger partial charge is 0.309 e. The number of carboxylic acid groups (broad SMARTS) is 1. The Morgan fingerprint density at radius 1 is 1.36 bits per heavy atom. The van der Waals surface area contributed by atoms with Crippen molar-refractivity contribution in [3.63, 3.8) is 0 Å². The predicted octanol–water partition coefficient (Wildman–Crippen LogP) is 1.83. The molecule has 1 atom stereocenters. The highest BCUT2D eigenvalue weighted by molar-refractivity contribution is 5.73. The van der Waals surface area contributed by atoms with Crippen molar-refractivity contribution in [2.75, 3.05) is 0 Å². The van der Waals surface area contributed by atoms with Crippen molar-refractivity contribution in [1.82, 2.24) is 0 Å². The molecular formula is C10H18O4. The molecule has 0 aliphatic heterocycles. The summed E-state index contributed by atoms with van der Waals surface area (Å²) in [5.41, 5.74) is -0.505. The van der Waals surface area contributed by atoms with Gasteiger partial charge < -0.3 is 9.84 Å². The van der Waals surface area contributed by atoms with Gasteiger partial charge in [-0.15, -0.1) is 0 Å². The molecule has 0 aromatic rings. The molecule has 0 aliphatic carbocycles. The van der Waals surface area contributed by atoms with E-state index >= 15 is 0 Å². The molecule has 4 heteroatoms. The second kappa shape index (κ2) is 4.98. The standard InChI is InChI=1S/C10H18O4/c1-7(5-6-8(11)12)9(13)14-10(2,3)4/h7H,5-6H2,1-4H3,(H,11,12). The Morgan fingerprint density at radius 2 is 1.86 bits per heavy atom. The van der Waals surface area contributed by atoms with Crippen LogP contribution in [0.3, 0.4) is 0 Å². The van der Waals surface area contributed by atoms with Gasteiger partial charge in [0.15, 0.2) is 0 Å². The average molecular weight is 202 g/mol. The maximum Gasteiger partial charge on any atom is 0.309 e. The average Bonchev–Trinajstić information content (AvgIpc) is 1.96. The Morgan fingerprint density at radius 3 is 2.21 bits per heavy atom. The number of carboxylic acids is 1. The van der Waals surface area contributed by atoms with E-state index in [4.69, 9.17) is 9.84 Å². The van der Waals surface area contributed by atoms with Crippen molar-refractivity contribution in [2.45, 2.75) is 46.1 Å². The van der Waals surface area contributed by atoms with Gasteiger partial charge in [-0.25, -0.2) is 0 Å². The molecular weight excluding hydrogens is 184 g/mol. The fraction of sp³-hybridized carbons (Fsp3) is 0.800. The summed E-state index contributed by atoms with van der Waals surface area (Å²) in [5.74, 6) is -1.58. The molecule has 0 saturated heterocycles. The topological polar surface area (TPSA) is 63.6 Å². The van der Waals surface area contributed by atoms with Crippen LogP contribution >= 0.6 is 0 Å². The summed E-state index contributed by atoms with van der Waals surface area (Å²) >= 11 is 0. The Labute approximate surface area is 84.3 Å². The van der Waals surface area contributed by atoms with E-state index < -0.39 is 11.6 Å². The Kier molecular flexibility index (Phi) is 4.60. The minimum Gasteiger partial charge on any atom is -0.481 e. The Bertz CT molecular complexity index is 215. The van der Waals surface area contributed by atoms with Crippen molar-refractivity contribution < 1.29 is 19.4 Å². The van der Waals surface area contributed by atoms with Gasteiger partial charge >= 0.3 is 11.9 Å². The SMILES string of the molecule is CC(CCC(=O)O)C(=O)OC(C)(C)C. The third kappa shape index (κ3) is 6.46. The van der Waals surface area contributed by atoms with E-state index in [-0.39, 0.29) is 18.3 Å². The van der Waals surface area contributed by atoms with E-state index in [2.05, 4.69) is 0 Å². The van der Waals surface area contributed by atoms with Crippen molar-refractivity contribution in [3.05, 3.63) is 0 Å². The molecule has 82 valence electrons. The molecule has 0 spiro atoms. The third-order valence-corrected chi connectivity index (χ3v) is 1.60. The van der Waals surface area contributed by atoms with Crippen LogP contribution in [0.1, 0.15) is 40.5 Å². The minimum atomic E-state index is -0.889. The first-order valence-electron chi connectivity index (χ1n) is 4.67. The van der Waals surface area contributed by atoms with Gasteiger partial charge in [0.25, 0.3) is 0 Å². The number of rotatable bonds is 4. The van der Waals surface area contributed by atoms with E-state index in [0.717, 1.165) is 0 Å². The van der Waals surface area contributed by atoms with Gasteiger partial charge in [0.1, 0.15) is 5.60 Å². The molecule has 0 aromatic carbocycles. The van der Waals surface area contributed by atoms with Crippen LogP contribution in [0.2, 0.25) is 0 Å². The second-order valence-electron chi connectivity index (χ2n) is 4.37. The summed E-state index contributed by atoms with van der Waals surface area (Å²) in [6, 6.07) is 0. The molecule has 0 saturated carbocycles. The van der Waals surface area contributed by atoms with Gasteiger partial charge in [-0.05, 0) is 27.2 Å². The van der Waals surface area contributed by atoms with Gasteiger partial charge in [-0.2, -0.15) is 0 Å². The normalized spacial score (nSPS) is 13.4. The molecule has 0 aliphatic rings. The molecule has 14 heavy (non-hydrogen) atoms. The number of hydrogen-bond acceptors (Lipinski definition) is 3. The molecule has 1 N–H and O–H groups in total. The first-order valence-corrected chi connectivity index (χ1v) is 4.67. The largest absolute Gasteiger partial charge is 0.481 e. The maximum atomic E-state index is 11.4. The molecule has 0 radical (unpaired) electrons. The highest BCUT2D eigenvalue weighted by atomic mass is 16.6. The van der Waals surface area contributed by atoms with Crippen LogP contribution in [0.25, 0.3) is 0 Å². The zero-order valence-electron chi connectivity index (χ0n) is 9.16. The zero-order valence-corrected chi connectivity index (χ0v) is 9.16. The number of carbonyl (C=O) groups excluding carboxylic acids is 1. The lowest BCUT2D eigenvalue weighted by Gasteiger charge is -2.21. The highest BCUT2D eigenvalue weighted by Crippen LogP contribution is 2.14. The van der Waals surface area contributed by atoms with Crippen LogP contribution in [0.15, 0.2) is 0 Å². The summed E-state index contributed by atoms with van der Waals surface area (Å²) in [7, 11) is 0. The lowest BCUT2D eigenvalue weighted by atomic mass is 10.1.